The van der Waals surface area contributed by atoms with E-state index < -0.39 is 11.7 Å². The number of nitrogens with one attached hydrogen (secondary N) is 1. The summed E-state index contributed by atoms with van der Waals surface area (Å²) >= 11 is 12.4. The molecule has 0 saturated carbocycles. The molecule has 1 aromatic heterocycles. The number of aromatic nitrogens is 2. The smallest absolute Gasteiger partial charge is 0.259 e. The van der Waals surface area contributed by atoms with Crippen molar-refractivity contribution in [2.45, 2.75) is 26.2 Å². The molecule has 3 rings (SSSR count). The number of anilines is 1. The van der Waals surface area contributed by atoms with Crippen LogP contribution in [0, 0.1) is 5.82 Å². The third-order valence-corrected chi connectivity index (χ3v) is 4.53. The van der Waals surface area contributed by atoms with E-state index >= 15 is 0 Å². The number of rotatable bonds is 3. The molecule has 0 bridgehead atoms. The van der Waals surface area contributed by atoms with E-state index in [1.165, 1.54) is 22.9 Å². The summed E-state index contributed by atoms with van der Waals surface area (Å²) in [5, 5.41) is 8.21. The average Bonchev–Trinajstić information content (AvgIpc) is 3.01. The van der Waals surface area contributed by atoms with Gasteiger partial charge in [0.2, 0.25) is 0 Å². The topological polar surface area (TPSA) is 46.9 Å². The Labute approximate surface area is 166 Å². The van der Waals surface area contributed by atoms with Gasteiger partial charge in [0.05, 0.1) is 22.0 Å². The summed E-state index contributed by atoms with van der Waals surface area (Å²) in [5.74, 6) is -0.803. The van der Waals surface area contributed by atoms with Crippen molar-refractivity contribution in [1.29, 1.82) is 0 Å². The highest BCUT2D eigenvalue weighted by atomic mass is 35.5. The average molecular weight is 406 g/mol. The van der Waals surface area contributed by atoms with Crippen molar-refractivity contribution in [2.24, 2.45) is 0 Å². The highest BCUT2D eigenvalue weighted by Crippen LogP contribution is 2.31. The van der Waals surface area contributed by atoms with Gasteiger partial charge in [-0.15, -0.1) is 0 Å². The molecule has 0 atom stereocenters. The monoisotopic (exact) mass is 405 g/mol. The van der Waals surface area contributed by atoms with Gasteiger partial charge in [-0.05, 0) is 30.3 Å². The SMILES string of the molecule is CC(C)(C)c1cc(NC(=O)c2ccccc2F)n(-c2cc(Cl)ccc2Cl)n1. The summed E-state index contributed by atoms with van der Waals surface area (Å²) in [7, 11) is 0. The minimum Gasteiger partial charge on any atom is -0.306 e. The quantitative estimate of drug-likeness (QED) is 0.592. The highest BCUT2D eigenvalue weighted by molar-refractivity contribution is 6.34. The Kier molecular flexibility index (Phi) is 5.27. The fourth-order valence-corrected chi connectivity index (χ4v) is 2.86. The van der Waals surface area contributed by atoms with Crippen LogP contribution >= 0.6 is 23.2 Å². The molecular weight excluding hydrogens is 388 g/mol. The first-order valence-corrected chi connectivity index (χ1v) is 9.04. The first-order chi connectivity index (χ1) is 12.7. The van der Waals surface area contributed by atoms with E-state index in [0.717, 1.165) is 5.69 Å². The van der Waals surface area contributed by atoms with Gasteiger partial charge >= 0.3 is 0 Å². The molecule has 27 heavy (non-hydrogen) atoms. The maximum atomic E-state index is 14.0. The Hall–Kier alpha value is -2.37. The zero-order chi connectivity index (χ0) is 19.8. The number of nitrogens with zero attached hydrogens (tertiary/aromatic N) is 2. The zero-order valence-corrected chi connectivity index (χ0v) is 16.6. The van der Waals surface area contributed by atoms with Gasteiger partial charge in [-0.3, -0.25) is 4.79 Å². The summed E-state index contributed by atoms with van der Waals surface area (Å²) in [6, 6.07) is 12.5. The van der Waals surface area contributed by atoms with Gasteiger partial charge in [-0.1, -0.05) is 56.1 Å². The molecule has 2 aromatic carbocycles. The number of benzene rings is 2. The molecule has 3 aromatic rings. The van der Waals surface area contributed by atoms with Crippen LogP contribution in [0.1, 0.15) is 36.8 Å². The minimum absolute atomic E-state index is 0.0558. The van der Waals surface area contributed by atoms with Crippen LogP contribution in [0.2, 0.25) is 10.0 Å². The molecule has 0 aliphatic heterocycles. The Morgan fingerprint density at radius 3 is 2.48 bits per heavy atom. The van der Waals surface area contributed by atoms with Crippen molar-refractivity contribution in [3.8, 4) is 5.69 Å². The molecule has 0 aliphatic carbocycles. The van der Waals surface area contributed by atoms with Crippen molar-refractivity contribution >= 4 is 34.9 Å². The van der Waals surface area contributed by atoms with Crippen LogP contribution in [0.25, 0.3) is 5.69 Å². The Balaban J connectivity index is 2.09. The molecule has 140 valence electrons. The maximum absolute atomic E-state index is 14.0. The first kappa shape index (κ1) is 19.4. The number of carbonyl (C=O) groups excluding carboxylic acids is 1. The molecule has 1 N–H and O–H groups in total. The van der Waals surface area contributed by atoms with Crippen LogP contribution in [0.15, 0.2) is 48.5 Å². The van der Waals surface area contributed by atoms with Gasteiger partial charge in [0, 0.05) is 16.5 Å². The van der Waals surface area contributed by atoms with E-state index in [1.807, 2.05) is 20.8 Å². The lowest BCUT2D eigenvalue weighted by molar-refractivity contribution is 0.102. The molecule has 7 heteroatoms. The second kappa shape index (κ2) is 7.33. The van der Waals surface area contributed by atoms with E-state index in [-0.39, 0.29) is 11.0 Å². The highest BCUT2D eigenvalue weighted by Gasteiger charge is 2.23. The molecule has 4 nitrogen and oxygen atoms in total. The van der Waals surface area contributed by atoms with Crippen LogP contribution < -0.4 is 5.32 Å². The lowest BCUT2D eigenvalue weighted by Gasteiger charge is -2.14. The summed E-state index contributed by atoms with van der Waals surface area (Å²) in [6.07, 6.45) is 0. The van der Waals surface area contributed by atoms with Gasteiger partial charge in [0.1, 0.15) is 11.6 Å². The maximum Gasteiger partial charge on any atom is 0.259 e. The molecule has 0 fully saturated rings. The van der Waals surface area contributed by atoms with Crippen molar-refractivity contribution in [1.82, 2.24) is 9.78 Å². The van der Waals surface area contributed by atoms with E-state index in [0.29, 0.717) is 21.6 Å². The Morgan fingerprint density at radius 1 is 1.11 bits per heavy atom. The fraction of sp³-hybridized carbons (Fsp3) is 0.200. The van der Waals surface area contributed by atoms with Gasteiger partial charge in [-0.25, -0.2) is 9.07 Å². The minimum atomic E-state index is -0.599. The first-order valence-electron chi connectivity index (χ1n) is 8.28. The van der Waals surface area contributed by atoms with Gasteiger partial charge in [-0.2, -0.15) is 5.10 Å². The van der Waals surface area contributed by atoms with Crippen molar-refractivity contribution < 1.29 is 9.18 Å². The lowest BCUT2D eigenvalue weighted by Crippen LogP contribution is -2.16. The predicted octanol–water partition coefficient (Wildman–Crippen LogP) is 5.87. The van der Waals surface area contributed by atoms with E-state index in [2.05, 4.69) is 10.4 Å². The largest absolute Gasteiger partial charge is 0.306 e. The second-order valence-corrected chi connectivity index (χ2v) is 7.95. The number of amides is 1. The third kappa shape index (κ3) is 4.15. The normalized spacial score (nSPS) is 11.5. The van der Waals surface area contributed by atoms with Crippen LogP contribution in [-0.2, 0) is 5.41 Å². The van der Waals surface area contributed by atoms with E-state index in [9.17, 15) is 9.18 Å². The van der Waals surface area contributed by atoms with E-state index in [4.69, 9.17) is 23.2 Å². The number of halogens is 3. The summed E-state index contributed by atoms with van der Waals surface area (Å²) in [4.78, 5) is 12.6. The summed E-state index contributed by atoms with van der Waals surface area (Å²) in [5.41, 5.74) is 0.930. The molecule has 1 heterocycles. The molecule has 0 radical (unpaired) electrons. The Bertz CT molecular complexity index is 1010. The number of carbonyl (C=O) groups is 1. The predicted molar refractivity (Wildman–Crippen MR) is 107 cm³/mol. The number of hydrogen-bond acceptors (Lipinski definition) is 2. The van der Waals surface area contributed by atoms with Crippen molar-refractivity contribution in [3.05, 3.63) is 75.7 Å². The van der Waals surface area contributed by atoms with Crippen LogP contribution in [0.3, 0.4) is 0 Å². The molecule has 0 saturated heterocycles. The summed E-state index contributed by atoms with van der Waals surface area (Å²) in [6.45, 7) is 6.01. The van der Waals surface area contributed by atoms with Gasteiger partial charge < -0.3 is 5.32 Å². The summed E-state index contributed by atoms with van der Waals surface area (Å²) < 4.78 is 15.5. The molecule has 0 unspecified atom stereocenters. The number of hydrogen-bond donors (Lipinski definition) is 1. The molecule has 0 aliphatic rings. The molecular formula is C20H18Cl2FN3O. The second-order valence-electron chi connectivity index (χ2n) is 7.11. The standard InChI is InChI=1S/C20H18Cl2FN3O/c1-20(2,3)17-11-18(24-19(27)13-6-4-5-7-15(13)23)26(25-17)16-10-12(21)8-9-14(16)22/h4-11H,1-3H3,(H,24,27). The van der Waals surface area contributed by atoms with Crippen molar-refractivity contribution in [3.63, 3.8) is 0 Å². The zero-order valence-electron chi connectivity index (χ0n) is 15.1. The van der Waals surface area contributed by atoms with Crippen LogP contribution in [0.5, 0.6) is 0 Å². The van der Waals surface area contributed by atoms with Crippen molar-refractivity contribution in [2.75, 3.05) is 5.32 Å². The fourth-order valence-electron chi connectivity index (χ4n) is 2.50. The molecule has 1 amide bonds. The van der Waals surface area contributed by atoms with E-state index in [1.54, 1.807) is 30.3 Å². The lowest BCUT2D eigenvalue weighted by atomic mass is 9.92. The van der Waals surface area contributed by atoms with Crippen LogP contribution in [0.4, 0.5) is 10.2 Å². The van der Waals surface area contributed by atoms with Crippen LogP contribution in [-0.4, -0.2) is 15.7 Å². The molecule has 0 spiro atoms. The third-order valence-electron chi connectivity index (χ3n) is 3.97. The van der Waals surface area contributed by atoms with Gasteiger partial charge in [0.15, 0.2) is 0 Å². The van der Waals surface area contributed by atoms with Gasteiger partial charge in [0.25, 0.3) is 5.91 Å². The Morgan fingerprint density at radius 2 is 1.81 bits per heavy atom.